The van der Waals surface area contributed by atoms with Gasteiger partial charge in [0.2, 0.25) is 0 Å². The maximum Gasteiger partial charge on any atom is 0.262 e. The van der Waals surface area contributed by atoms with Crippen molar-refractivity contribution in [2.24, 2.45) is 0 Å². The number of ether oxygens (including phenoxy) is 1. The van der Waals surface area contributed by atoms with E-state index in [1.807, 2.05) is 45.0 Å². The van der Waals surface area contributed by atoms with E-state index in [1.54, 1.807) is 22.8 Å². The van der Waals surface area contributed by atoms with E-state index < -0.39 is 6.10 Å². The van der Waals surface area contributed by atoms with Gasteiger partial charge in [-0.1, -0.05) is 41.1 Å². The van der Waals surface area contributed by atoms with Crippen molar-refractivity contribution < 1.29 is 9.84 Å². The molecule has 7 heteroatoms. The van der Waals surface area contributed by atoms with Crippen molar-refractivity contribution in [3.63, 3.8) is 0 Å². The highest BCUT2D eigenvalue weighted by atomic mass is 35.5. The number of rotatable bonds is 7. The highest BCUT2D eigenvalue weighted by Crippen LogP contribution is 2.23. The third kappa shape index (κ3) is 4.87. The van der Waals surface area contributed by atoms with E-state index in [0.29, 0.717) is 32.6 Å². The van der Waals surface area contributed by atoms with Crippen LogP contribution in [0, 0.1) is 6.92 Å². The van der Waals surface area contributed by atoms with Gasteiger partial charge < -0.3 is 9.84 Å². The van der Waals surface area contributed by atoms with E-state index in [9.17, 15) is 9.90 Å². The van der Waals surface area contributed by atoms with Crippen LogP contribution in [0.3, 0.4) is 0 Å². The molecule has 0 aliphatic carbocycles. The molecule has 0 bridgehead atoms. The fourth-order valence-corrected chi connectivity index (χ4v) is 3.95. The van der Waals surface area contributed by atoms with Gasteiger partial charge in [-0.05, 0) is 51.1 Å². The molecule has 3 aromatic rings. The number of aliphatic hydroxyl groups excluding tert-OH is 1. The number of nitrogens with zero attached hydrogens (tertiary/aromatic N) is 2. The first-order valence-electron chi connectivity index (χ1n) is 9.07. The van der Waals surface area contributed by atoms with E-state index in [2.05, 4.69) is 4.98 Å². The third-order valence-corrected chi connectivity index (χ3v) is 5.55. The largest absolute Gasteiger partial charge is 0.491 e. The Labute approximate surface area is 173 Å². The molecule has 1 heterocycles. The molecule has 1 atom stereocenters. The summed E-state index contributed by atoms with van der Waals surface area (Å²) in [5.74, 6) is 1.07. The Bertz CT molecular complexity index is 1020. The lowest BCUT2D eigenvalue weighted by Crippen LogP contribution is -2.26. The summed E-state index contributed by atoms with van der Waals surface area (Å²) in [4.78, 5) is 17.5. The molecule has 1 N–H and O–H groups in total. The summed E-state index contributed by atoms with van der Waals surface area (Å²) in [5, 5.41) is 11.9. The molecule has 0 aliphatic rings. The Morgan fingerprint density at radius 3 is 2.61 bits per heavy atom. The summed E-state index contributed by atoms with van der Waals surface area (Å²) in [6, 6.07) is 12.7. The molecule has 28 heavy (non-hydrogen) atoms. The number of aliphatic hydroxyl groups is 1. The zero-order valence-corrected chi connectivity index (χ0v) is 17.6. The first kappa shape index (κ1) is 20.7. The second-order valence-electron chi connectivity index (χ2n) is 6.91. The molecule has 3 rings (SSSR count). The highest BCUT2D eigenvalue weighted by molar-refractivity contribution is 7.99. The molecule has 0 unspecified atom stereocenters. The van der Waals surface area contributed by atoms with Gasteiger partial charge in [-0.2, -0.15) is 0 Å². The minimum Gasteiger partial charge on any atom is -0.491 e. The highest BCUT2D eigenvalue weighted by Gasteiger charge is 2.16. The fraction of sp³-hybridized carbons (Fsp3) is 0.333. The van der Waals surface area contributed by atoms with Gasteiger partial charge in [-0.3, -0.25) is 9.36 Å². The van der Waals surface area contributed by atoms with Crippen molar-refractivity contribution in [3.05, 3.63) is 63.4 Å². The molecule has 5 nitrogen and oxygen atoms in total. The van der Waals surface area contributed by atoms with Crippen molar-refractivity contribution in [2.45, 2.75) is 38.1 Å². The van der Waals surface area contributed by atoms with Crippen molar-refractivity contribution in [1.29, 1.82) is 0 Å². The Morgan fingerprint density at radius 2 is 1.93 bits per heavy atom. The molecule has 0 spiro atoms. The SMILES string of the molecule is Cc1ccc(OC[C@H](O)CSc2nc3cc(Cl)ccc3c(=O)n2C(C)C)cc1. The zero-order chi connectivity index (χ0) is 20.3. The van der Waals surface area contributed by atoms with Gasteiger partial charge in [0.05, 0.1) is 17.0 Å². The summed E-state index contributed by atoms with van der Waals surface area (Å²) in [6.07, 6.45) is -0.695. The summed E-state index contributed by atoms with van der Waals surface area (Å²) in [5.41, 5.74) is 1.60. The van der Waals surface area contributed by atoms with Gasteiger partial charge in [0.1, 0.15) is 12.4 Å². The summed E-state index contributed by atoms with van der Waals surface area (Å²) in [7, 11) is 0. The summed E-state index contributed by atoms with van der Waals surface area (Å²) < 4.78 is 7.28. The second kappa shape index (κ2) is 8.99. The molecule has 0 radical (unpaired) electrons. The van der Waals surface area contributed by atoms with E-state index in [1.165, 1.54) is 11.8 Å². The topological polar surface area (TPSA) is 64.3 Å². The van der Waals surface area contributed by atoms with Crippen LogP contribution in [0.4, 0.5) is 0 Å². The van der Waals surface area contributed by atoms with Crippen molar-refractivity contribution in [2.75, 3.05) is 12.4 Å². The molecule has 0 aliphatic heterocycles. The monoisotopic (exact) mass is 418 g/mol. The number of aryl methyl sites for hydroxylation is 1. The number of hydrogen-bond acceptors (Lipinski definition) is 5. The van der Waals surface area contributed by atoms with Crippen LogP contribution >= 0.6 is 23.4 Å². The zero-order valence-electron chi connectivity index (χ0n) is 16.1. The molecule has 0 saturated heterocycles. The first-order chi connectivity index (χ1) is 13.3. The molecule has 148 valence electrons. The lowest BCUT2D eigenvalue weighted by molar-refractivity contribution is 0.126. The van der Waals surface area contributed by atoms with Crippen LogP contribution in [0.15, 0.2) is 52.4 Å². The number of benzene rings is 2. The quantitative estimate of drug-likeness (QED) is 0.453. The molecule has 0 fully saturated rings. The van der Waals surface area contributed by atoms with Crippen LogP contribution in [-0.2, 0) is 0 Å². The molecular weight excluding hydrogens is 396 g/mol. The fourth-order valence-electron chi connectivity index (χ4n) is 2.75. The van der Waals surface area contributed by atoms with Crippen molar-refractivity contribution in [3.8, 4) is 5.75 Å². The lowest BCUT2D eigenvalue weighted by atomic mass is 10.2. The number of halogens is 1. The standard InChI is InChI=1S/C21H23ClN2O3S/c1-13(2)24-20(26)18-9-6-15(22)10-19(18)23-21(24)28-12-16(25)11-27-17-7-4-14(3)5-8-17/h4-10,13,16,25H,11-12H2,1-3H3/t16-/m0/s1. The van der Waals surface area contributed by atoms with Gasteiger partial charge in [0.25, 0.3) is 5.56 Å². The van der Waals surface area contributed by atoms with Crippen LogP contribution in [0.1, 0.15) is 25.5 Å². The number of fused-ring (bicyclic) bond motifs is 1. The number of aromatic nitrogens is 2. The molecule has 2 aromatic carbocycles. The Hall–Kier alpha value is -2.02. The predicted molar refractivity (Wildman–Crippen MR) is 115 cm³/mol. The van der Waals surface area contributed by atoms with Crippen LogP contribution < -0.4 is 10.3 Å². The first-order valence-corrected chi connectivity index (χ1v) is 10.4. The Morgan fingerprint density at radius 1 is 1.21 bits per heavy atom. The minimum absolute atomic E-state index is 0.0523. The van der Waals surface area contributed by atoms with Gasteiger partial charge in [0.15, 0.2) is 5.16 Å². The van der Waals surface area contributed by atoms with Crippen LogP contribution in [0.5, 0.6) is 5.75 Å². The molecule has 0 saturated carbocycles. The average molecular weight is 419 g/mol. The van der Waals surface area contributed by atoms with Crippen molar-refractivity contribution in [1.82, 2.24) is 9.55 Å². The number of hydrogen-bond donors (Lipinski definition) is 1. The van der Waals surface area contributed by atoms with Crippen LogP contribution in [-0.4, -0.2) is 33.1 Å². The predicted octanol–water partition coefficient (Wildman–Crippen LogP) is 4.47. The van der Waals surface area contributed by atoms with Gasteiger partial charge in [0, 0.05) is 16.8 Å². The molecule has 0 amide bonds. The lowest BCUT2D eigenvalue weighted by Gasteiger charge is -2.17. The maximum absolute atomic E-state index is 12.9. The minimum atomic E-state index is -0.695. The maximum atomic E-state index is 12.9. The van der Waals surface area contributed by atoms with E-state index >= 15 is 0 Å². The molecular formula is C21H23ClN2O3S. The van der Waals surface area contributed by atoms with Gasteiger partial charge in [-0.25, -0.2) is 4.98 Å². The van der Waals surface area contributed by atoms with E-state index in [-0.39, 0.29) is 18.2 Å². The Balaban J connectivity index is 1.74. The average Bonchev–Trinajstić information content (AvgIpc) is 2.65. The van der Waals surface area contributed by atoms with Gasteiger partial charge >= 0.3 is 0 Å². The molecule has 1 aromatic heterocycles. The van der Waals surface area contributed by atoms with E-state index in [4.69, 9.17) is 16.3 Å². The second-order valence-corrected chi connectivity index (χ2v) is 8.34. The third-order valence-electron chi connectivity index (χ3n) is 4.22. The summed E-state index contributed by atoms with van der Waals surface area (Å²) in [6.45, 7) is 6.05. The van der Waals surface area contributed by atoms with Crippen LogP contribution in [0.2, 0.25) is 5.02 Å². The van der Waals surface area contributed by atoms with Crippen molar-refractivity contribution >= 4 is 34.3 Å². The van der Waals surface area contributed by atoms with E-state index in [0.717, 1.165) is 5.56 Å². The van der Waals surface area contributed by atoms with Gasteiger partial charge in [-0.15, -0.1) is 0 Å². The number of thioether (sulfide) groups is 1. The normalized spacial score (nSPS) is 12.5. The smallest absolute Gasteiger partial charge is 0.262 e. The summed E-state index contributed by atoms with van der Waals surface area (Å²) >= 11 is 7.38. The van der Waals surface area contributed by atoms with Crippen LogP contribution in [0.25, 0.3) is 10.9 Å². The Kier molecular flexibility index (Phi) is 6.65.